The molecule has 1 aliphatic heterocycles. The first-order valence-electron chi connectivity index (χ1n) is 12.9. The number of nitrogens with zero attached hydrogens (tertiary/aromatic N) is 1. The Hall–Kier alpha value is -0.710. The summed E-state index contributed by atoms with van der Waals surface area (Å²) in [5.74, 6) is 2.32. The van der Waals surface area contributed by atoms with Crippen molar-refractivity contribution in [1.82, 2.24) is 0 Å². The molecule has 3 saturated carbocycles. The molecule has 11 unspecified atom stereocenters. The van der Waals surface area contributed by atoms with E-state index in [1.807, 2.05) is 0 Å². The Morgan fingerprint density at radius 2 is 1.87 bits per heavy atom. The predicted molar refractivity (Wildman–Crippen MR) is 124 cm³/mol. The van der Waals surface area contributed by atoms with Crippen LogP contribution in [-0.4, -0.2) is 45.9 Å². The van der Waals surface area contributed by atoms with Crippen LogP contribution in [0.2, 0.25) is 0 Å². The lowest BCUT2D eigenvalue weighted by atomic mass is 9.46. The van der Waals surface area contributed by atoms with Crippen molar-refractivity contribution in [3.8, 4) is 0 Å². The Morgan fingerprint density at radius 1 is 1.10 bits per heavy atom. The summed E-state index contributed by atoms with van der Waals surface area (Å²) >= 11 is 0. The first-order chi connectivity index (χ1) is 14.7. The molecule has 0 saturated heterocycles. The van der Waals surface area contributed by atoms with Crippen molar-refractivity contribution in [2.75, 3.05) is 6.54 Å². The molecule has 0 bridgehead atoms. The van der Waals surface area contributed by atoms with E-state index in [9.17, 15) is 15.3 Å². The van der Waals surface area contributed by atoms with Crippen LogP contribution < -0.4 is 0 Å². The Balaban J connectivity index is 1.46. The molecule has 4 heteroatoms. The van der Waals surface area contributed by atoms with Gasteiger partial charge in [-0.2, -0.15) is 0 Å². The second-order valence-corrected chi connectivity index (χ2v) is 12.4. The van der Waals surface area contributed by atoms with Gasteiger partial charge in [0.15, 0.2) is 0 Å². The van der Waals surface area contributed by atoms with Gasteiger partial charge in [0.05, 0.1) is 18.3 Å². The highest BCUT2D eigenvalue weighted by Crippen LogP contribution is 2.67. The van der Waals surface area contributed by atoms with Gasteiger partial charge in [-0.15, -0.1) is 0 Å². The van der Waals surface area contributed by atoms with Crippen molar-refractivity contribution < 1.29 is 15.3 Å². The van der Waals surface area contributed by atoms with E-state index in [2.05, 4.69) is 33.8 Å². The third-order valence-corrected chi connectivity index (χ3v) is 10.9. The topological polar surface area (TPSA) is 73.0 Å². The van der Waals surface area contributed by atoms with Gasteiger partial charge in [0.1, 0.15) is 0 Å². The van der Waals surface area contributed by atoms with Crippen LogP contribution in [0.15, 0.2) is 16.6 Å². The SMILES string of the molecule is CC1CCC(C(C)C2C(O)CC3C4CC=C5CC(O)CCC5(C)C4CC(O)C32C)=NC1. The Labute approximate surface area is 188 Å². The molecule has 4 aliphatic carbocycles. The molecule has 174 valence electrons. The normalized spacial score (nSPS) is 53.0. The van der Waals surface area contributed by atoms with Crippen LogP contribution in [-0.2, 0) is 0 Å². The first kappa shape index (κ1) is 22.1. The van der Waals surface area contributed by atoms with Crippen LogP contribution in [0.5, 0.6) is 0 Å². The highest BCUT2D eigenvalue weighted by atomic mass is 16.3. The molecule has 0 aromatic heterocycles. The molecule has 3 N–H and O–H groups in total. The summed E-state index contributed by atoms with van der Waals surface area (Å²) in [6.45, 7) is 10.1. The van der Waals surface area contributed by atoms with E-state index < -0.39 is 0 Å². The fraction of sp³-hybridized carbons (Fsp3) is 0.889. The monoisotopic (exact) mass is 429 g/mol. The van der Waals surface area contributed by atoms with Gasteiger partial charge in [0.2, 0.25) is 0 Å². The second kappa shape index (κ2) is 7.67. The van der Waals surface area contributed by atoms with Crippen LogP contribution in [0.4, 0.5) is 0 Å². The molecule has 11 atom stereocenters. The van der Waals surface area contributed by atoms with Crippen molar-refractivity contribution in [1.29, 1.82) is 0 Å². The Morgan fingerprint density at radius 3 is 2.58 bits per heavy atom. The molecule has 0 amide bonds. The predicted octanol–water partition coefficient (Wildman–Crippen LogP) is 4.37. The molecule has 0 spiro atoms. The Kier molecular flexibility index (Phi) is 5.47. The van der Waals surface area contributed by atoms with Crippen molar-refractivity contribution in [2.24, 2.45) is 51.3 Å². The van der Waals surface area contributed by atoms with Crippen LogP contribution >= 0.6 is 0 Å². The van der Waals surface area contributed by atoms with Crippen molar-refractivity contribution in [3.05, 3.63) is 11.6 Å². The third-order valence-electron chi connectivity index (χ3n) is 10.9. The second-order valence-electron chi connectivity index (χ2n) is 12.4. The third kappa shape index (κ3) is 3.22. The van der Waals surface area contributed by atoms with Gasteiger partial charge in [-0.1, -0.05) is 39.3 Å². The maximum Gasteiger partial charge on any atom is 0.0603 e. The largest absolute Gasteiger partial charge is 0.393 e. The summed E-state index contributed by atoms with van der Waals surface area (Å²) < 4.78 is 0. The van der Waals surface area contributed by atoms with Crippen LogP contribution in [0.1, 0.15) is 79.1 Å². The molecular weight excluding hydrogens is 386 g/mol. The number of allylic oxidation sites excluding steroid dienone is 1. The van der Waals surface area contributed by atoms with Crippen molar-refractivity contribution >= 4 is 5.71 Å². The molecule has 0 aromatic rings. The van der Waals surface area contributed by atoms with Gasteiger partial charge in [-0.05, 0) is 86.4 Å². The maximum absolute atomic E-state index is 11.7. The van der Waals surface area contributed by atoms with E-state index >= 15 is 0 Å². The zero-order valence-electron chi connectivity index (χ0n) is 19.9. The van der Waals surface area contributed by atoms with Crippen molar-refractivity contribution in [2.45, 2.75) is 97.4 Å². The zero-order valence-corrected chi connectivity index (χ0v) is 19.9. The van der Waals surface area contributed by atoms with Gasteiger partial charge >= 0.3 is 0 Å². The molecule has 1 heterocycles. The molecule has 31 heavy (non-hydrogen) atoms. The average Bonchev–Trinajstić information content (AvgIpc) is 3.01. The first-order valence-corrected chi connectivity index (χ1v) is 12.9. The number of hydrogen-bond donors (Lipinski definition) is 3. The minimum Gasteiger partial charge on any atom is -0.393 e. The molecule has 0 aromatic carbocycles. The minimum atomic E-state index is -0.380. The number of aliphatic hydroxyl groups excluding tert-OH is 3. The van der Waals surface area contributed by atoms with E-state index in [1.165, 1.54) is 17.7 Å². The number of aliphatic imine (C=N–C) groups is 1. The van der Waals surface area contributed by atoms with Gasteiger partial charge in [0.25, 0.3) is 0 Å². The lowest BCUT2D eigenvalue weighted by Crippen LogP contribution is -2.57. The number of rotatable bonds is 2. The van der Waals surface area contributed by atoms with Gasteiger partial charge in [-0.3, -0.25) is 4.99 Å². The standard InChI is InChI=1S/C27H43NO3/c1-15-5-8-22(28-14-15)16(2)25-23(30)12-21-19-7-6-17-11-18(29)9-10-26(17,3)20(19)13-24(31)27(21,25)4/h6,15-16,18-21,23-25,29-31H,5,7-14H2,1-4H3. The van der Waals surface area contributed by atoms with Gasteiger partial charge in [0, 0.05) is 23.6 Å². The minimum absolute atomic E-state index is 0.0898. The molecule has 4 nitrogen and oxygen atoms in total. The molecule has 0 radical (unpaired) electrons. The summed E-state index contributed by atoms with van der Waals surface area (Å²) in [5.41, 5.74) is 2.55. The van der Waals surface area contributed by atoms with E-state index in [4.69, 9.17) is 4.99 Å². The lowest BCUT2D eigenvalue weighted by molar-refractivity contribution is -0.136. The zero-order chi connectivity index (χ0) is 22.1. The van der Waals surface area contributed by atoms with E-state index in [1.54, 1.807) is 0 Å². The highest BCUT2D eigenvalue weighted by molar-refractivity contribution is 5.87. The summed E-state index contributed by atoms with van der Waals surface area (Å²) in [6, 6.07) is 0. The van der Waals surface area contributed by atoms with Crippen molar-refractivity contribution in [3.63, 3.8) is 0 Å². The molecule has 5 aliphatic rings. The molecule has 3 fully saturated rings. The van der Waals surface area contributed by atoms with Gasteiger partial charge < -0.3 is 15.3 Å². The summed E-state index contributed by atoms with van der Waals surface area (Å²) in [7, 11) is 0. The highest BCUT2D eigenvalue weighted by Gasteiger charge is 2.65. The number of hydrogen-bond acceptors (Lipinski definition) is 4. The molecule has 5 rings (SSSR count). The maximum atomic E-state index is 11.7. The number of aliphatic hydroxyl groups is 3. The number of fused-ring (bicyclic) bond motifs is 5. The van der Waals surface area contributed by atoms with E-state index in [-0.39, 0.29) is 41.0 Å². The van der Waals surface area contributed by atoms with E-state index in [0.29, 0.717) is 23.7 Å². The summed E-state index contributed by atoms with van der Waals surface area (Å²) in [5, 5.41) is 33.3. The quantitative estimate of drug-likeness (QED) is 0.571. The smallest absolute Gasteiger partial charge is 0.0603 e. The summed E-state index contributed by atoms with van der Waals surface area (Å²) in [4.78, 5) is 4.93. The summed E-state index contributed by atoms with van der Waals surface area (Å²) in [6.07, 6.45) is 9.12. The molecular formula is C27H43NO3. The fourth-order valence-electron chi connectivity index (χ4n) is 8.96. The van der Waals surface area contributed by atoms with Crippen LogP contribution in [0.3, 0.4) is 0 Å². The van der Waals surface area contributed by atoms with Crippen LogP contribution in [0.25, 0.3) is 0 Å². The fourth-order valence-corrected chi connectivity index (χ4v) is 8.96. The Bertz CT molecular complexity index is 776. The van der Waals surface area contributed by atoms with Gasteiger partial charge in [-0.25, -0.2) is 0 Å². The lowest BCUT2D eigenvalue weighted by Gasteiger charge is -2.59. The van der Waals surface area contributed by atoms with E-state index in [0.717, 1.165) is 51.5 Å². The average molecular weight is 430 g/mol. The van der Waals surface area contributed by atoms with Crippen LogP contribution in [0, 0.1) is 46.3 Å².